The van der Waals surface area contributed by atoms with E-state index in [1.807, 2.05) is 29.6 Å². The molecule has 1 heterocycles. The highest BCUT2D eigenvalue weighted by Crippen LogP contribution is 2.23. The molecule has 0 saturated heterocycles. The number of carbonyl (C=O) groups excluding carboxylic acids is 1. The summed E-state index contributed by atoms with van der Waals surface area (Å²) in [5, 5.41) is 5.66. The lowest BCUT2D eigenvalue weighted by molar-refractivity contribution is 0.102. The smallest absolute Gasteiger partial charge is 0.261 e. The fraction of sp³-hybridized carbons (Fsp3) is 0. The Kier molecular flexibility index (Phi) is 5.60. The maximum atomic E-state index is 12.5. The van der Waals surface area contributed by atoms with E-state index in [2.05, 4.69) is 15.0 Å². The summed E-state index contributed by atoms with van der Waals surface area (Å²) in [7, 11) is -3.67. The Balaban J connectivity index is 1.42. The molecule has 0 bridgehead atoms. The van der Waals surface area contributed by atoms with Gasteiger partial charge in [0.1, 0.15) is 5.01 Å². The first kappa shape index (κ1) is 19.8. The zero-order valence-electron chi connectivity index (χ0n) is 15.6. The molecule has 1 aromatic heterocycles. The van der Waals surface area contributed by atoms with Gasteiger partial charge in [0.15, 0.2) is 0 Å². The summed E-state index contributed by atoms with van der Waals surface area (Å²) >= 11 is 1.55. The van der Waals surface area contributed by atoms with Gasteiger partial charge in [0.2, 0.25) is 0 Å². The van der Waals surface area contributed by atoms with E-state index in [9.17, 15) is 13.2 Å². The maximum absolute atomic E-state index is 12.5. The third-order valence-corrected chi connectivity index (χ3v) is 6.49. The first-order valence-corrected chi connectivity index (χ1v) is 11.4. The number of carbonyl (C=O) groups is 1. The van der Waals surface area contributed by atoms with Gasteiger partial charge in [0, 0.05) is 34.1 Å². The molecule has 3 aromatic carbocycles. The molecule has 0 aliphatic carbocycles. The second-order valence-corrected chi connectivity index (χ2v) is 8.94. The Labute approximate surface area is 178 Å². The van der Waals surface area contributed by atoms with Crippen LogP contribution in [0.3, 0.4) is 0 Å². The Morgan fingerprint density at radius 3 is 2.13 bits per heavy atom. The fourth-order valence-electron chi connectivity index (χ4n) is 2.77. The molecule has 6 nitrogen and oxygen atoms in total. The van der Waals surface area contributed by atoms with Crippen LogP contribution in [0.2, 0.25) is 0 Å². The van der Waals surface area contributed by atoms with Gasteiger partial charge in [-0.15, -0.1) is 11.3 Å². The van der Waals surface area contributed by atoms with Gasteiger partial charge >= 0.3 is 0 Å². The van der Waals surface area contributed by atoms with E-state index in [1.54, 1.807) is 60.0 Å². The zero-order valence-corrected chi connectivity index (χ0v) is 17.3. The van der Waals surface area contributed by atoms with E-state index < -0.39 is 10.0 Å². The van der Waals surface area contributed by atoms with E-state index in [-0.39, 0.29) is 10.8 Å². The van der Waals surface area contributed by atoms with Crippen LogP contribution in [0.25, 0.3) is 10.6 Å². The van der Waals surface area contributed by atoms with Crippen LogP contribution in [-0.4, -0.2) is 19.3 Å². The van der Waals surface area contributed by atoms with Crippen molar-refractivity contribution in [3.8, 4) is 10.6 Å². The molecule has 150 valence electrons. The average molecular weight is 436 g/mol. The van der Waals surface area contributed by atoms with Gasteiger partial charge in [0.05, 0.1) is 4.90 Å². The molecule has 0 atom stereocenters. The molecular formula is C22H17N3O3S2. The number of nitrogens with one attached hydrogen (secondary N) is 2. The molecular weight excluding hydrogens is 418 g/mol. The SMILES string of the molecule is O=C(Nc1ccc(-c2nccs2)cc1)c1ccc(NS(=O)(=O)c2ccccc2)cc1. The van der Waals surface area contributed by atoms with Crippen LogP contribution in [0.15, 0.2) is 95.3 Å². The van der Waals surface area contributed by atoms with Crippen molar-refractivity contribution in [2.24, 2.45) is 0 Å². The fourth-order valence-corrected chi connectivity index (χ4v) is 4.49. The summed E-state index contributed by atoms with van der Waals surface area (Å²) in [5.41, 5.74) is 2.44. The molecule has 2 N–H and O–H groups in total. The average Bonchev–Trinajstić information content (AvgIpc) is 3.30. The van der Waals surface area contributed by atoms with Gasteiger partial charge in [0.25, 0.3) is 15.9 Å². The lowest BCUT2D eigenvalue weighted by Gasteiger charge is -2.09. The lowest BCUT2D eigenvalue weighted by Crippen LogP contribution is -2.14. The van der Waals surface area contributed by atoms with Crippen LogP contribution in [0.1, 0.15) is 10.4 Å². The van der Waals surface area contributed by atoms with Gasteiger partial charge in [-0.25, -0.2) is 13.4 Å². The molecule has 0 aliphatic heterocycles. The Morgan fingerprint density at radius 2 is 1.50 bits per heavy atom. The topological polar surface area (TPSA) is 88.2 Å². The molecule has 0 unspecified atom stereocenters. The van der Waals surface area contributed by atoms with E-state index in [0.29, 0.717) is 16.9 Å². The second kappa shape index (κ2) is 8.48. The van der Waals surface area contributed by atoms with E-state index >= 15 is 0 Å². The highest BCUT2D eigenvalue weighted by atomic mass is 32.2. The molecule has 1 amide bonds. The standard InChI is InChI=1S/C22H17N3O3S2/c26-21(24-18-10-8-17(9-11-18)22-23-14-15-29-22)16-6-12-19(13-7-16)25-30(27,28)20-4-2-1-3-5-20/h1-15,25H,(H,24,26). The summed E-state index contributed by atoms with van der Waals surface area (Å²) in [4.78, 5) is 16.9. The van der Waals surface area contributed by atoms with Crippen LogP contribution < -0.4 is 10.0 Å². The van der Waals surface area contributed by atoms with Crippen molar-refractivity contribution in [2.75, 3.05) is 10.0 Å². The lowest BCUT2D eigenvalue weighted by atomic mass is 10.1. The van der Waals surface area contributed by atoms with Crippen molar-refractivity contribution >= 4 is 38.6 Å². The van der Waals surface area contributed by atoms with Crippen molar-refractivity contribution in [3.05, 3.63) is 96.0 Å². The molecule has 0 radical (unpaired) electrons. The number of thiazole rings is 1. The maximum Gasteiger partial charge on any atom is 0.261 e. The molecule has 0 aliphatic rings. The molecule has 30 heavy (non-hydrogen) atoms. The quantitative estimate of drug-likeness (QED) is 0.453. The Morgan fingerprint density at radius 1 is 0.833 bits per heavy atom. The van der Waals surface area contributed by atoms with E-state index in [0.717, 1.165) is 10.6 Å². The van der Waals surface area contributed by atoms with Gasteiger partial charge in [-0.1, -0.05) is 18.2 Å². The van der Waals surface area contributed by atoms with Crippen molar-refractivity contribution in [1.29, 1.82) is 0 Å². The van der Waals surface area contributed by atoms with Crippen molar-refractivity contribution in [3.63, 3.8) is 0 Å². The molecule has 0 saturated carbocycles. The predicted molar refractivity (Wildman–Crippen MR) is 119 cm³/mol. The number of hydrogen-bond donors (Lipinski definition) is 2. The highest BCUT2D eigenvalue weighted by molar-refractivity contribution is 7.92. The first-order valence-electron chi connectivity index (χ1n) is 9.00. The second-order valence-electron chi connectivity index (χ2n) is 6.36. The summed E-state index contributed by atoms with van der Waals surface area (Å²) in [6.07, 6.45) is 1.75. The monoisotopic (exact) mass is 435 g/mol. The molecule has 4 rings (SSSR count). The number of benzene rings is 3. The van der Waals surface area contributed by atoms with Gasteiger partial charge in [-0.05, 0) is 60.7 Å². The Hall–Kier alpha value is -3.49. The molecule has 4 aromatic rings. The summed E-state index contributed by atoms with van der Waals surface area (Å²) in [6, 6.07) is 21.8. The number of aromatic nitrogens is 1. The summed E-state index contributed by atoms with van der Waals surface area (Å²) in [5.74, 6) is -0.283. The number of hydrogen-bond acceptors (Lipinski definition) is 5. The van der Waals surface area contributed by atoms with Crippen molar-refractivity contribution in [2.45, 2.75) is 4.90 Å². The predicted octanol–water partition coefficient (Wildman–Crippen LogP) is 4.86. The van der Waals surface area contributed by atoms with Crippen LogP contribution in [0.5, 0.6) is 0 Å². The van der Waals surface area contributed by atoms with Gasteiger partial charge in [-0.3, -0.25) is 9.52 Å². The largest absolute Gasteiger partial charge is 0.322 e. The summed E-state index contributed by atoms with van der Waals surface area (Å²) in [6.45, 7) is 0. The number of rotatable bonds is 6. The van der Waals surface area contributed by atoms with Crippen molar-refractivity contribution < 1.29 is 13.2 Å². The number of nitrogens with zero attached hydrogens (tertiary/aromatic N) is 1. The minimum Gasteiger partial charge on any atom is -0.322 e. The molecule has 0 spiro atoms. The van der Waals surface area contributed by atoms with Crippen LogP contribution in [0, 0.1) is 0 Å². The normalized spacial score (nSPS) is 11.1. The number of anilines is 2. The van der Waals surface area contributed by atoms with Crippen molar-refractivity contribution in [1.82, 2.24) is 4.98 Å². The van der Waals surface area contributed by atoms with Crippen LogP contribution in [-0.2, 0) is 10.0 Å². The third-order valence-electron chi connectivity index (χ3n) is 4.27. The van der Waals surface area contributed by atoms with Crippen LogP contribution in [0.4, 0.5) is 11.4 Å². The minimum absolute atomic E-state index is 0.174. The zero-order chi connectivity index (χ0) is 21.0. The highest BCUT2D eigenvalue weighted by Gasteiger charge is 2.14. The van der Waals surface area contributed by atoms with E-state index in [4.69, 9.17) is 0 Å². The minimum atomic E-state index is -3.67. The number of sulfonamides is 1. The summed E-state index contributed by atoms with van der Waals surface area (Å²) < 4.78 is 27.3. The van der Waals surface area contributed by atoms with E-state index in [1.165, 1.54) is 12.1 Å². The molecule has 8 heteroatoms. The van der Waals surface area contributed by atoms with Crippen LogP contribution >= 0.6 is 11.3 Å². The van der Waals surface area contributed by atoms with Gasteiger partial charge < -0.3 is 5.32 Å². The Bertz CT molecular complexity index is 1240. The number of amides is 1. The first-order chi connectivity index (χ1) is 14.5. The molecule has 0 fully saturated rings. The van der Waals surface area contributed by atoms with Gasteiger partial charge in [-0.2, -0.15) is 0 Å². The third kappa shape index (κ3) is 4.56.